The first-order valence-electron chi connectivity index (χ1n) is 11.8. The lowest BCUT2D eigenvalue weighted by molar-refractivity contribution is -0.142. The zero-order valence-electron chi connectivity index (χ0n) is 19.4. The van der Waals surface area contributed by atoms with Crippen LogP contribution in [0, 0.1) is 0 Å². The largest absolute Gasteiger partial charge is 0.467 e. The van der Waals surface area contributed by atoms with E-state index in [-0.39, 0.29) is 30.9 Å². The van der Waals surface area contributed by atoms with Gasteiger partial charge in [0.1, 0.15) is 18.3 Å². The molecule has 1 aromatic carbocycles. The Kier molecular flexibility index (Phi) is 7.43. The summed E-state index contributed by atoms with van der Waals surface area (Å²) in [5, 5.41) is 18.2. The Labute approximate surface area is 217 Å². The van der Waals surface area contributed by atoms with Crippen molar-refractivity contribution in [1.29, 1.82) is 0 Å². The second kappa shape index (κ2) is 11.0. The summed E-state index contributed by atoms with van der Waals surface area (Å²) in [6.07, 6.45) is 5.64. The van der Waals surface area contributed by atoms with Gasteiger partial charge >= 0.3 is 0 Å². The third kappa shape index (κ3) is 5.66. The molecule has 0 aliphatic heterocycles. The number of carbonyl (C=O) groups is 2. The molecule has 0 radical (unpaired) electrons. The third-order valence-electron chi connectivity index (χ3n) is 6.13. The number of amides is 2. The number of nitrogens with zero attached hydrogens (tertiary/aromatic N) is 5. The lowest BCUT2D eigenvalue weighted by atomic mass is 10.1. The van der Waals surface area contributed by atoms with Crippen molar-refractivity contribution in [1.82, 2.24) is 30.4 Å². The number of rotatable bonds is 9. The molecule has 1 N–H and O–H groups in total. The first kappa shape index (κ1) is 24.2. The number of hydrogen-bond acceptors (Lipinski definition) is 7. The fourth-order valence-electron chi connectivity index (χ4n) is 4.35. The van der Waals surface area contributed by atoms with Crippen LogP contribution in [0.15, 0.2) is 64.6 Å². The molecule has 0 saturated heterocycles. The molecule has 186 valence electrons. The summed E-state index contributed by atoms with van der Waals surface area (Å²) < 4.78 is 5.53. The van der Waals surface area contributed by atoms with Gasteiger partial charge in [0.15, 0.2) is 0 Å². The Morgan fingerprint density at radius 1 is 1.17 bits per heavy atom. The van der Waals surface area contributed by atoms with E-state index in [4.69, 9.17) is 16.0 Å². The van der Waals surface area contributed by atoms with Crippen LogP contribution in [0.1, 0.15) is 42.4 Å². The van der Waals surface area contributed by atoms with Gasteiger partial charge in [0.2, 0.25) is 17.6 Å². The van der Waals surface area contributed by atoms with Crippen LogP contribution >= 0.6 is 22.9 Å². The number of tetrazole rings is 1. The topological polar surface area (TPSA) is 106 Å². The second-order valence-electron chi connectivity index (χ2n) is 8.66. The Bertz CT molecular complexity index is 1280. The summed E-state index contributed by atoms with van der Waals surface area (Å²) in [5.41, 5.74) is 0.734. The van der Waals surface area contributed by atoms with E-state index in [0.29, 0.717) is 16.6 Å². The molecule has 1 atom stereocenters. The first-order valence-corrected chi connectivity index (χ1v) is 13.0. The molecule has 1 aliphatic carbocycles. The molecule has 1 fully saturated rings. The van der Waals surface area contributed by atoms with Crippen molar-refractivity contribution in [3.63, 3.8) is 0 Å². The van der Waals surface area contributed by atoms with E-state index in [1.54, 1.807) is 42.7 Å². The van der Waals surface area contributed by atoms with Gasteiger partial charge in [-0.05, 0) is 65.9 Å². The monoisotopic (exact) mass is 524 g/mol. The molecular weight excluding hydrogens is 500 g/mol. The van der Waals surface area contributed by atoms with Crippen molar-refractivity contribution in [2.45, 2.75) is 50.9 Å². The highest BCUT2D eigenvalue weighted by Crippen LogP contribution is 2.29. The van der Waals surface area contributed by atoms with Crippen LogP contribution in [0.2, 0.25) is 5.02 Å². The van der Waals surface area contributed by atoms with Gasteiger partial charge in [-0.2, -0.15) is 4.80 Å². The van der Waals surface area contributed by atoms with Crippen LogP contribution in [0.5, 0.6) is 0 Å². The van der Waals surface area contributed by atoms with Crippen LogP contribution < -0.4 is 5.32 Å². The van der Waals surface area contributed by atoms with Crippen molar-refractivity contribution in [3.05, 3.63) is 75.8 Å². The van der Waals surface area contributed by atoms with Gasteiger partial charge < -0.3 is 14.6 Å². The van der Waals surface area contributed by atoms with Crippen molar-refractivity contribution < 1.29 is 14.0 Å². The number of hydrogen-bond donors (Lipinski definition) is 1. The molecule has 0 bridgehead atoms. The van der Waals surface area contributed by atoms with Gasteiger partial charge in [0, 0.05) is 21.5 Å². The smallest absolute Gasteiger partial charge is 0.248 e. The molecule has 4 aromatic rings. The van der Waals surface area contributed by atoms with Crippen LogP contribution in [-0.2, 0) is 22.7 Å². The molecule has 9 nitrogen and oxygen atoms in total. The highest BCUT2D eigenvalue weighted by atomic mass is 35.5. The second-order valence-corrected chi connectivity index (χ2v) is 10.1. The minimum Gasteiger partial charge on any atom is -0.467 e. The molecule has 3 heterocycles. The van der Waals surface area contributed by atoms with Gasteiger partial charge in [0.25, 0.3) is 0 Å². The number of carbonyl (C=O) groups excluding carboxylic acids is 2. The quantitative estimate of drug-likeness (QED) is 0.346. The Balaban J connectivity index is 1.41. The van der Waals surface area contributed by atoms with E-state index in [9.17, 15) is 9.59 Å². The Hall–Kier alpha value is -3.50. The molecule has 2 amide bonds. The zero-order valence-corrected chi connectivity index (χ0v) is 21.0. The van der Waals surface area contributed by atoms with Crippen molar-refractivity contribution in [3.8, 4) is 11.4 Å². The minimum absolute atomic E-state index is 0.124. The lowest BCUT2D eigenvalue weighted by Gasteiger charge is -2.30. The molecule has 3 aromatic heterocycles. The van der Waals surface area contributed by atoms with E-state index < -0.39 is 6.04 Å². The van der Waals surface area contributed by atoms with Crippen molar-refractivity contribution in [2.75, 3.05) is 0 Å². The Morgan fingerprint density at radius 3 is 2.67 bits per heavy atom. The van der Waals surface area contributed by atoms with E-state index >= 15 is 0 Å². The van der Waals surface area contributed by atoms with E-state index in [1.165, 1.54) is 21.0 Å². The molecule has 0 unspecified atom stereocenters. The minimum atomic E-state index is -0.803. The molecular formula is C25H25ClN6O3S. The third-order valence-corrected chi connectivity index (χ3v) is 7.31. The molecule has 1 aliphatic rings. The predicted octanol–water partition coefficient (Wildman–Crippen LogP) is 4.48. The molecule has 5 rings (SSSR count). The lowest BCUT2D eigenvalue weighted by Crippen LogP contribution is -2.46. The Morgan fingerprint density at radius 2 is 1.97 bits per heavy atom. The standard InChI is InChI=1S/C25H25ClN6O3S/c26-18-11-9-17(10-12-18)24-28-30-32(29-24)16-22(33)31(15-20-7-3-13-35-20)23(21-8-4-14-36-21)25(34)27-19-5-1-2-6-19/h3-4,7-14,19,23H,1-2,5-6,15-16H2,(H,27,34)/t23-/m1/s1. The zero-order chi connectivity index (χ0) is 24.9. The summed E-state index contributed by atoms with van der Waals surface area (Å²) in [4.78, 5) is 30.8. The van der Waals surface area contributed by atoms with Gasteiger partial charge in [-0.1, -0.05) is 30.5 Å². The molecule has 0 spiro atoms. The molecule has 36 heavy (non-hydrogen) atoms. The normalized spacial score (nSPS) is 14.6. The van der Waals surface area contributed by atoms with E-state index in [1.807, 2.05) is 17.5 Å². The van der Waals surface area contributed by atoms with Crippen LogP contribution in [0.3, 0.4) is 0 Å². The van der Waals surface area contributed by atoms with Gasteiger partial charge in [-0.25, -0.2) is 0 Å². The van der Waals surface area contributed by atoms with E-state index in [0.717, 1.165) is 36.1 Å². The van der Waals surface area contributed by atoms with Crippen LogP contribution in [0.4, 0.5) is 0 Å². The number of thiophene rings is 1. The maximum atomic E-state index is 13.7. The molecule has 1 saturated carbocycles. The van der Waals surface area contributed by atoms with Crippen molar-refractivity contribution >= 4 is 34.8 Å². The average Bonchev–Trinajstić information content (AvgIpc) is 3.68. The maximum absolute atomic E-state index is 13.7. The number of benzene rings is 1. The van der Waals surface area contributed by atoms with Gasteiger partial charge in [-0.15, -0.1) is 21.5 Å². The maximum Gasteiger partial charge on any atom is 0.248 e. The predicted molar refractivity (Wildman–Crippen MR) is 135 cm³/mol. The van der Waals surface area contributed by atoms with Gasteiger partial charge in [0.05, 0.1) is 12.8 Å². The number of halogens is 1. The molecule has 11 heteroatoms. The highest BCUT2D eigenvalue weighted by Gasteiger charge is 2.34. The van der Waals surface area contributed by atoms with Crippen LogP contribution in [-0.4, -0.2) is 43.0 Å². The SMILES string of the molecule is O=C(NC1CCCC1)[C@@H](c1cccs1)N(Cc1ccco1)C(=O)Cn1nnc(-c2ccc(Cl)cc2)n1. The highest BCUT2D eigenvalue weighted by molar-refractivity contribution is 7.10. The summed E-state index contributed by atoms with van der Waals surface area (Å²) >= 11 is 7.40. The number of furan rings is 1. The van der Waals surface area contributed by atoms with Gasteiger partial charge in [-0.3, -0.25) is 9.59 Å². The number of nitrogens with one attached hydrogen (secondary N) is 1. The summed E-state index contributed by atoms with van der Waals surface area (Å²) in [5.74, 6) is 0.432. The fourth-order valence-corrected chi connectivity index (χ4v) is 5.31. The number of aromatic nitrogens is 4. The summed E-state index contributed by atoms with van der Waals surface area (Å²) in [6, 6.07) is 13.7. The van der Waals surface area contributed by atoms with Crippen molar-refractivity contribution in [2.24, 2.45) is 0 Å². The first-order chi connectivity index (χ1) is 17.6. The summed E-state index contributed by atoms with van der Waals surface area (Å²) in [7, 11) is 0. The average molecular weight is 525 g/mol. The van der Waals surface area contributed by atoms with Crippen LogP contribution in [0.25, 0.3) is 11.4 Å². The van der Waals surface area contributed by atoms with E-state index in [2.05, 4.69) is 20.7 Å². The fraction of sp³-hybridized carbons (Fsp3) is 0.320. The summed E-state index contributed by atoms with van der Waals surface area (Å²) in [6.45, 7) is -0.0505.